The highest BCUT2D eigenvalue weighted by atomic mass is 16.4. The van der Waals surface area contributed by atoms with E-state index in [9.17, 15) is 15.3 Å². The minimum Gasteiger partial charge on any atom is -0.508 e. The number of phenols is 3. The molecule has 0 bridgehead atoms. The van der Waals surface area contributed by atoms with Crippen LogP contribution in [0.3, 0.4) is 0 Å². The summed E-state index contributed by atoms with van der Waals surface area (Å²) in [4.78, 5) is 27.0. The minimum atomic E-state index is -0.833. The molecule has 0 aromatic heterocycles. The SMILES string of the molecule is CC(=O)O.CC(=O)O.CC(=O)O.CC(c1ccc(O)cc1)(c1ccc(O)cc1)c1ccc(O)cc1. The molecule has 0 heterocycles. The van der Waals surface area contributed by atoms with Crippen molar-refractivity contribution in [1.82, 2.24) is 0 Å². The van der Waals surface area contributed by atoms with Gasteiger partial charge in [0, 0.05) is 26.2 Å². The number of aromatic hydroxyl groups is 3. The van der Waals surface area contributed by atoms with Crippen molar-refractivity contribution in [2.24, 2.45) is 0 Å². The molecule has 0 saturated carbocycles. The molecular formula is C26H30O9. The summed E-state index contributed by atoms with van der Waals surface area (Å²) in [6.45, 7) is 5.33. The summed E-state index contributed by atoms with van der Waals surface area (Å²) in [5.74, 6) is -1.85. The molecule has 188 valence electrons. The maximum absolute atomic E-state index is 9.57. The molecule has 3 rings (SSSR count). The highest BCUT2D eigenvalue weighted by Gasteiger charge is 2.31. The number of hydrogen-bond acceptors (Lipinski definition) is 6. The number of benzene rings is 3. The zero-order valence-corrected chi connectivity index (χ0v) is 19.8. The highest BCUT2D eigenvalue weighted by molar-refractivity contribution is 5.63. The highest BCUT2D eigenvalue weighted by Crippen LogP contribution is 2.40. The van der Waals surface area contributed by atoms with Crippen LogP contribution in [-0.4, -0.2) is 48.5 Å². The lowest BCUT2D eigenvalue weighted by atomic mass is 9.71. The Morgan fingerprint density at radius 1 is 0.486 bits per heavy atom. The van der Waals surface area contributed by atoms with Crippen LogP contribution in [0.1, 0.15) is 44.4 Å². The molecular weight excluding hydrogens is 456 g/mol. The zero-order chi connectivity index (χ0) is 27.2. The van der Waals surface area contributed by atoms with Crippen molar-refractivity contribution in [3.63, 3.8) is 0 Å². The van der Waals surface area contributed by atoms with Crippen molar-refractivity contribution in [2.45, 2.75) is 33.1 Å². The average Bonchev–Trinajstić information content (AvgIpc) is 2.73. The number of carboxylic acids is 3. The zero-order valence-electron chi connectivity index (χ0n) is 19.8. The van der Waals surface area contributed by atoms with Crippen LogP contribution in [-0.2, 0) is 19.8 Å². The maximum Gasteiger partial charge on any atom is 0.300 e. The summed E-state index contributed by atoms with van der Waals surface area (Å²) in [5, 5.41) is 51.0. The Morgan fingerprint density at radius 2 is 0.629 bits per heavy atom. The van der Waals surface area contributed by atoms with Crippen LogP contribution in [0, 0.1) is 0 Å². The van der Waals surface area contributed by atoms with E-state index in [-0.39, 0.29) is 17.2 Å². The largest absolute Gasteiger partial charge is 0.508 e. The monoisotopic (exact) mass is 486 g/mol. The molecule has 3 aromatic carbocycles. The molecule has 0 aliphatic heterocycles. The summed E-state index contributed by atoms with van der Waals surface area (Å²) in [5.41, 5.74) is 2.54. The molecule has 9 nitrogen and oxygen atoms in total. The molecule has 0 saturated heterocycles. The number of aliphatic carboxylic acids is 3. The lowest BCUT2D eigenvalue weighted by Crippen LogP contribution is -2.25. The fourth-order valence-electron chi connectivity index (χ4n) is 2.88. The second kappa shape index (κ2) is 14.6. The van der Waals surface area contributed by atoms with E-state index in [0.717, 1.165) is 37.5 Å². The van der Waals surface area contributed by atoms with E-state index in [1.165, 1.54) is 0 Å². The average molecular weight is 487 g/mol. The van der Waals surface area contributed by atoms with E-state index < -0.39 is 23.3 Å². The Labute approximate surface area is 203 Å². The number of carboxylic acid groups (broad SMARTS) is 3. The number of rotatable bonds is 3. The number of hydrogen-bond donors (Lipinski definition) is 6. The lowest BCUT2D eigenvalue weighted by Gasteiger charge is -2.32. The van der Waals surface area contributed by atoms with Gasteiger partial charge in [0.15, 0.2) is 0 Å². The van der Waals surface area contributed by atoms with Crippen molar-refractivity contribution in [3.8, 4) is 17.2 Å². The lowest BCUT2D eigenvalue weighted by molar-refractivity contribution is -0.135. The summed E-state index contributed by atoms with van der Waals surface area (Å²) in [6, 6.07) is 21.3. The van der Waals surface area contributed by atoms with Crippen molar-refractivity contribution in [3.05, 3.63) is 89.5 Å². The molecule has 0 spiro atoms. The summed E-state index contributed by atoms with van der Waals surface area (Å²) >= 11 is 0. The predicted molar refractivity (Wildman–Crippen MR) is 130 cm³/mol. The van der Waals surface area contributed by atoms with Crippen LogP contribution in [0.15, 0.2) is 72.8 Å². The predicted octanol–water partition coefficient (Wildman–Crippen LogP) is 4.43. The Kier molecular flexibility index (Phi) is 12.7. The molecule has 0 aliphatic carbocycles. The third-order valence-corrected chi connectivity index (χ3v) is 4.33. The van der Waals surface area contributed by atoms with E-state index in [1.807, 2.05) is 36.4 Å². The third-order valence-electron chi connectivity index (χ3n) is 4.33. The Bertz CT molecular complexity index is 920. The fourth-order valence-corrected chi connectivity index (χ4v) is 2.88. The summed E-state index contributed by atoms with van der Waals surface area (Å²) in [6.07, 6.45) is 0. The topological polar surface area (TPSA) is 173 Å². The van der Waals surface area contributed by atoms with Crippen LogP contribution in [0.2, 0.25) is 0 Å². The van der Waals surface area contributed by atoms with E-state index >= 15 is 0 Å². The van der Waals surface area contributed by atoms with Crippen LogP contribution >= 0.6 is 0 Å². The first-order valence-electron chi connectivity index (χ1n) is 10.2. The molecule has 9 heteroatoms. The van der Waals surface area contributed by atoms with Crippen LogP contribution in [0.25, 0.3) is 0 Å². The molecule has 0 aliphatic rings. The van der Waals surface area contributed by atoms with E-state index in [1.54, 1.807) is 36.4 Å². The Balaban J connectivity index is 0.000000807. The molecule has 0 atom stereocenters. The molecule has 3 aromatic rings. The van der Waals surface area contributed by atoms with E-state index in [2.05, 4.69) is 6.92 Å². The summed E-state index contributed by atoms with van der Waals surface area (Å²) < 4.78 is 0. The normalized spacial score (nSPS) is 9.60. The third kappa shape index (κ3) is 11.8. The van der Waals surface area contributed by atoms with Crippen LogP contribution in [0.4, 0.5) is 0 Å². The van der Waals surface area contributed by atoms with Gasteiger partial charge in [0.25, 0.3) is 17.9 Å². The Hall–Kier alpha value is -4.53. The standard InChI is InChI=1S/C20H18O3.3C2H4O2/c1-20(14-2-8-17(21)9-3-14,15-4-10-18(22)11-5-15)16-6-12-19(23)13-7-16;3*1-2(3)4/h2-13,21-23H,1H3;3*1H3,(H,3,4). The van der Waals surface area contributed by atoms with Crippen LogP contribution in [0.5, 0.6) is 17.2 Å². The summed E-state index contributed by atoms with van der Waals surface area (Å²) in [7, 11) is 0. The van der Waals surface area contributed by atoms with Gasteiger partial charge in [-0.3, -0.25) is 14.4 Å². The van der Waals surface area contributed by atoms with Gasteiger partial charge in [-0.25, -0.2) is 0 Å². The Morgan fingerprint density at radius 3 is 0.771 bits per heavy atom. The minimum absolute atomic E-state index is 0.215. The molecule has 0 radical (unpaired) electrons. The molecule has 35 heavy (non-hydrogen) atoms. The van der Waals surface area contributed by atoms with E-state index in [0.29, 0.717) is 0 Å². The maximum atomic E-state index is 9.57. The molecule has 6 N–H and O–H groups in total. The van der Waals surface area contributed by atoms with Gasteiger partial charge in [-0.15, -0.1) is 0 Å². The first kappa shape index (κ1) is 30.5. The van der Waals surface area contributed by atoms with Gasteiger partial charge in [-0.2, -0.15) is 0 Å². The number of carbonyl (C=O) groups is 3. The smallest absolute Gasteiger partial charge is 0.300 e. The second-order valence-corrected chi connectivity index (χ2v) is 7.32. The van der Waals surface area contributed by atoms with Crippen molar-refractivity contribution >= 4 is 17.9 Å². The molecule has 0 unspecified atom stereocenters. The molecule has 0 fully saturated rings. The van der Waals surface area contributed by atoms with Gasteiger partial charge in [0.1, 0.15) is 17.2 Å². The van der Waals surface area contributed by atoms with Gasteiger partial charge in [0.2, 0.25) is 0 Å². The first-order valence-corrected chi connectivity index (χ1v) is 10.2. The molecule has 0 amide bonds. The van der Waals surface area contributed by atoms with Gasteiger partial charge in [0.05, 0.1) is 0 Å². The second-order valence-electron chi connectivity index (χ2n) is 7.32. The van der Waals surface area contributed by atoms with Gasteiger partial charge in [-0.1, -0.05) is 36.4 Å². The van der Waals surface area contributed by atoms with Gasteiger partial charge in [-0.05, 0) is 60.0 Å². The number of phenolic OH excluding ortho intramolecular Hbond substituents is 3. The van der Waals surface area contributed by atoms with E-state index in [4.69, 9.17) is 29.7 Å². The fraction of sp³-hybridized carbons (Fsp3) is 0.192. The van der Waals surface area contributed by atoms with Crippen molar-refractivity contribution in [2.75, 3.05) is 0 Å². The first-order chi connectivity index (χ1) is 16.2. The van der Waals surface area contributed by atoms with Gasteiger partial charge < -0.3 is 30.6 Å². The van der Waals surface area contributed by atoms with Gasteiger partial charge >= 0.3 is 0 Å². The van der Waals surface area contributed by atoms with Crippen LogP contribution < -0.4 is 0 Å². The quantitative estimate of drug-likeness (QED) is 0.293. The van der Waals surface area contributed by atoms with Crippen molar-refractivity contribution < 1.29 is 45.0 Å². The van der Waals surface area contributed by atoms with Crippen molar-refractivity contribution in [1.29, 1.82) is 0 Å².